The maximum Gasteiger partial charge on any atom is 0.135 e. The molecule has 0 aliphatic rings. The molecule has 0 saturated heterocycles. The quantitative estimate of drug-likeness (QED) is 0.851. The Labute approximate surface area is 127 Å². The van der Waals surface area contributed by atoms with Gasteiger partial charge < -0.3 is 10.6 Å². The molecule has 4 nitrogen and oxygen atoms in total. The van der Waals surface area contributed by atoms with E-state index in [1.807, 2.05) is 13.1 Å². The Kier molecular flexibility index (Phi) is 5.14. The summed E-state index contributed by atoms with van der Waals surface area (Å²) in [6.45, 7) is 7.19. The molecule has 1 heterocycles. The Morgan fingerprint density at radius 3 is 2.52 bits per heavy atom. The van der Waals surface area contributed by atoms with E-state index in [0.717, 1.165) is 30.4 Å². The normalized spacial score (nSPS) is 10.7. The minimum Gasteiger partial charge on any atom is -0.373 e. The molecule has 0 saturated carbocycles. The lowest BCUT2D eigenvalue weighted by atomic mass is 10.1. The molecular formula is C17H24N4. The van der Waals surface area contributed by atoms with E-state index in [0.29, 0.717) is 5.92 Å². The number of aryl methyl sites for hydroxylation is 1. The minimum atomic E-state index is 0.315. The second-order valence-corrected chi connectivity index (χ2v) is 5.57. The first-order valence-electron chi connectivity index (χ1n) is 7.44. The molecule has 0 aliphatic carbocycles. The Morgan fingerprint density at radius 1 is 1.10 bits per heavy atom. The molecule has 2 aromatic rings. The van der Waals surface area contributed by atoms with Gasteiger partial charge in [-0.2, -0.15) is 0 Å². The highest BCUT2D eigenvalue weighted by atomic mass is 15.1. The fourth-order valence-corrected chi connectivity index (χ4v) is 2.15. The van der Waals surface area contributed by atoms with E-state index in [9.17, 15) is 0 Å². The Hall–Kier alpha value is -2.10. The van der Waals surface area contributed by atoms with Crippen LogP contribution < -0.4 is 10.6 Å². The van der Waals surface area contributed by atoms with Gasteiger partial charge in [0.25, 0.3) is 0 Å². The third kappa shape index (κ3) is 4.45. The first kappa shape index (κ1) is 15.3. The maximum atomic E-state index is 4.57. The van der Waals surface area contributed by atoms with Crippen LogP contribution in [0.3, 0.4) is 0 Å². The van der Waals surface area contributed by atoms with Gasteiger partial charge in [-0.3, -0.25) is 0 Å². The van der Waals surface area contributed by atoms with Crippen molar-refractivity contribution >= 4 is 11.6 Å². The predicted molar refractivity (Wildman–Crippen MR) is 89.0 cm³/mol. The van der Waals surface area contributed by atoms with Gasteiger partial charge in [-0.25, -0.2) is 9.97 Å². The lowest BCUT2D eigenvalue weighted by Crippen LogP contribution is -2.10. The molecule has 21 heavy (non-hydrogen) atoms. The summed E-state index contributed by atoms with van der Waals surface area (Å²) in [6, 6.07) is 10.6. The van der Waals surface area contributed by atoms with Crippen LogP contribution in [0.5, 0.6) is 0 Å². The van der Waals surface area contributed by atoms with Crippen LogP contribution in [0, 0.1) is 6.92 Å². The minimum absolute atomic E-state index is 0.315. The number of nitrogens with zero attached hydrogens (tertiary/aromatic N) is 2. The summed E-state index contributed by atoms with van der Waals surface area (Å²) < 4.78 is 0. The van der Waals surface area contributed by atoms with Gasteiger partial charge in [0, 0.05) is 25.6 Å². The summed E-state index contributed by atoms with van der Waals surface area (Å²) >= 11 is 0. The van der Waals surface area contributed by atoms with Crippen molar-refractivity contribution in [3.05, 3.63) is 47.3 Å². The molecule has 0 bridgehead atoms. The van der Waals surface area contributed by atoms with Gasteiger partial charge in [0.2, 0.25) is 0 Å². The van der Waals surface area contributed by atoms with Crippen molar-refractivity contribution in [1.29, 1.82) is 0 Å². The molecular weight excluding hydrogens is 260 g/mol. The molecule has 0 fully saturated rings. The Bertz CT molecular complexity index is 593. The van der Waals surface area contributed by atoms with E-state index in [1.165, 1.54) is 11.1 Å². The first-order chi connectivity index (χ1) is 10.1. The van der Waals surface area contributed by atoms with Crippen LogP contribution in [0.15, 0.2) is 30.3 Å². The fraction of sp³-hybridized carbons (Fsp3) is 0.412. The number of nitrogens with one attached hydrogen (secondary N) is 2. The SMILES string of the molecule is CNc1cc(NCCc2cccc(C)c2)nc(C(C)C)n1. The number of hydrogen-bond acceptors (Lipinski definition) is 4. The van der Waals surface area contributed by atoms with Crippen molar-refractivity contribution in [3.63, 3.8) is 0 Å². The van der Waals surface area contributed by atoms with Crippen molar-refractivity contribution < 1.29 is 0 Å². The molecule has 0 atom stereocenters. The van der Waals surface area contributed by atoms with Crippen LogP contribution >= 0.6 is 0 Å². The smallest absolute Gasteiger partial charge is 0.135 e. The van der Waals surface area contributed by atoms with Crippen LogP contribution in [0.4, 0.5) is 11.6 Å². The molecule has 2 rings (SSSR count). The van der Waals surface area contributed by atoms with Crippen LogP contribution in [0.2, 0.25) is 0 Å². The highest BCUT2D eigenvalue weighted by Gasteiger charge is 2.07. The lowest BCUT2D eigenvalue weighted by Gasteiger charge is -2.11. The highest BCUT2D eigenvalue weighted by molar-refractivity contribution is 5.47. The summed E-state index contributed by atoms with van der Waals surface area (Å²) in [5.74, 6) is 2.91. The summed E-state index contributed by atoms with van der Waals surface area (Å²) in [5, 5.41) is 6.48. The molecule has 0 amide bonds. The van der Waals surface area contributed by atoms with E-state index in [4.69, 9.17) is 0 Å². The Morgan fingerprint density at radius 2 is 1.86 bits per heavy atom. The monoisotopic (exact) mass is 284 g/mol. The second-order valence-electron chi connectivity index (χ2n) is 5.57. The molecule has 0 radical (unpaired) electrons. The number of aromatic nitrogens is 2. The van der Waals surface area contributed by atoms with Crippen LogP contribution in [-0.2, 0) is 6.42 Å². The molecule has 1 aromatic heterocycles. The molecule has 1 aromatic carbocycles. The van der Waals surface area contributed by atoms with Crippen molar-refractivity contribution in [2.45, 2.75) is 33.1 Å². The fourth-order valence-electron chi connectivity index (χ4n) is 2.15. The van der Waals surface area contributed by atoms with E-state index in [1.54, 1.807) is 0 Å². The molecule has 0 unspecified atom stereocenters. The zero-order valence-electron chi connectivity index (χ0n) is 13.3. The molecule has 0 spiro atoms. The topological polar surface area (TPSA) is 49.8 Å². The van der Waals surface area contributed by atoms with Crippen molar-refractivity contribution in [2.75, 3.05) is 24.2 Å². The zero-order valence-corrected chi connectivity index (χ0v) is 13.3. The Balaban J connectivity index is 2.01. The van der Waals surface area contributed by atoms with Gasteiger partial charge in [0.15, 0.2) is 0 Å². The highest BCUT2D eigenvalue weighted by Crippen LogP contribution is 2.16. The maximum absolute atomic E-state index is 4.57. The number of rotatable bonds is 6. The summed E-state index contributed by atoms with van der Waals surface area (Å²) in [7, 11) is 1.88. The number of hydrogen-bond donors (Lipinski definition) is 2. The van der Waals surface area contributed by atoms with Gasteiger partial charge in [-0.15, -0.1) is 0 Å². The van der Waals surface area contributed by atoms with E-state index in [-0.39, 0.29) is 0 Å². The standard InChI is InChI=1S/C17H24N4/c1-12(2)17-20-15(18-4)11-16(21-17)19-9-8-14-7-5-6-13(3)10-14/h5-7,10-12H,8-9H2,1-4H3,(H2,18,19,20,21). The zero-order chi connectivity index (χ0) is 15.2. The van der Waals surface area contributed by atoms with Crippen LogP contribution in [0.1, 0.15) is 36.7 Å². The van der Waals surface area contributed by atoms with E-state index in [2.05, 4.69) is 65.6 Å². The van der Waals surface area contributed by atoms with Gasteiger partial charge in [0.05, 0.1) is 0 Å². The predicted octanol–water partition coefficient (Wildman–Crippen LogP) is 3.60. The summed E-state index contributed by atoms with van der Waals surface area (Å²) in [5.41, 5.74) is 2.64. The molecule has 0 aliphatic heterocycles. The van der Waals surface area contributed by atoms with Gasteiger partial charge in [0.1, 0.15) is 17.5 Å². The van der Waals surface area contributed by atoms with E-state index < -0.39 is 0 Å². The first-order valence-corrected chi connectivity index (χ1v) is 7.44. The van der Waals surface area contributed by atoms with Crippen LogP contribution in [-0.4, -0.2) is 23.6 Å². The molecule has 2 N–H and O–H groups in total. The summed E-state index contributed by atoms with van der Waals surface area (Å²) in [4.78, 5) is 9.03. The van der Waals surface area contributed by atoms with Gasteiger partial charge in [-0.05, 0) is 18.9 Å². The lowest BCUT2D eigenvalue weighted by molar-refractivity contribution is 0.775. The molecule has 4 heteroatoms. The van der Waals surface area contributed by atoms with Crippen molar-refractivity contribution in [3.8, 4) is 0 Å². The second kappa shape index (κ2) is 7.07. The number of anilines is 2. The average molecular weight is 284 g/mol. The van der Waals surface area contributed by atoms with E-state index >= 15 is 0 Å². The van der Waals surface area contributed by atoms with Gasteiger partial charge >= 0.3 is 0 Å². The summed E-state index contributed by atoms with van der Waals surface area (Å²) in [6.07, 6.45) is 0.984. The van der Waals surface area contributed by atoms with Crippen molar-refractivity contribution in [1.82, 2.24) is 9.97 Å². The largest absolute Gasteiger partial charge is 0.373 e. The third-order valence-corrected chi connectivity index (χ3v) is 3.32. The van der Waals surface area contributed by atoms with Crippen LogP contribution in [0.25, 0.3) is 0 Å². The third-order valence-electron chi connectivity index (χ3n) is 3.32. The average Bonchev–Trinajstić information content (AvgIpc) is 2.47. The number of benzene rings is 1. The molecule has 112 valence electrons. The van der Waals surface area contributed by atoms with Gasteiger partial charge in [-0.1, -0.05) is 43.7 Å². The van der Waals surface area contributed by atoms with Crippen molar-refractivity contribution in [2.24, 2.45) is 0 Å².